The molecule has 3 rings (SSSR count). The predicted molar refractivity (Wildman–Crippen MR) is 84.7 cm³/mol. The number of para-hydroxylation sites is 1. The van der Waals surface area contributed by atoms with Gasteiger partial charge in [0.1, 0.15) is 0 Å². The monoisotopic (exact) mass is 289 g/mol. The van der Waals surface area contributed by atoms with Crippen molar-refractivity contribution in [3.63, 3.8) is 0 Å². The molecule has 1 saturated heterocycles. The van der Waals surface area contributed by atoms with Gasteiger partial charge in [0.05, 0.1) is 6.61 Å². The van der Waals surface area contributed by atoms with Crippen LogP contribution in [-0.2, 0) is 6.54 Å². The van der Waals surface area contributed by atoms with Gasteiger partial charge in [-0.15, -0.1) is 0 Å². The SMILES string of the molecule is CCOc1cccc(CN2CCC3(CCCC3)CC2)c1O. The van der Waals surface area contributed by atoms with Crippen LogP contribution in [0.5, 0.6) is 11.5 Å². The van der Waals surface area contributed by atoms with Crippen LogP contribution in [0.15, 0.2) is 18.2 Å². The van der Waals surface area contributed by atoms with Crippen molar-refractivity contribution in [1.82, 2.24) is 4.90 Å². The van der Waals surface area contributed by atoms with E-state index in [1.807, 2.05) is 25.1 Å². The van der Waals surface area contributed by atoms with Gasteiger partial charge in [0.15, 0.2) is 11.5 Å². The number of piperidine rings is 1. The Kier molecular flexibility index (Phi) is 4.39. The topological polar surface area (TPSA) is 32.7 Å². The van der Waals surface area contributed by atoms with Crippen molar-refractivity contribution in [3.8, 4) is 11.5 Å². The molecule has 0 bridgehead atoms. The summed E-state index contributed by atoms with van der Waals surface area (Å²) in [5, 5.41) is 10.3. The van der Waals surface area contributed by atoms with Crippen molar-refractivity contribution in [2.45, 2.75) is 52.0 Å². The summed E-state index contributed by atoms with van der Waals surface area (Å²) in [4.78, 5) is 2.48. The van der Waals surface area contributed by atoms with Gasteiger partial charge in [-0.1, -0.05) is 25.0 Å². The number of benzene rings is 1. The number of nitrogens with zero attached hydrogens (tertiary/aromatic N) is 1. The molecule has 0 aromatic heterocycles. The summed E-state index contributed by atoms with van der Waals surface area (Å²) in [5.41, 5.74) is 1.65. The van der Waals surface area contributed by atoms with Crippen LogP contribution >= 0.6 is 0 Å². The number of rotatable bonds is 4. The minimum atomic E-state index is 0.320. The Morgan fingerprint density at radius 3 is 2.52 bits per heavy atom. The summed E-state index contributed by atoms with van der Waals surface area (Å²) < 4.78 is 5.47. The Balaban J connectivity index is 1.61. The average molecular weight is 289 g/mol. The zero-order valence-electron chi connectivity index (χ0n) is 13.1. The maximum absolute atomic E-state index is 10.3. The summed E-state index contributed by atoms with van der Waals surface area (Å²) in [6.07, 6.45) is 8.39. The Morgan fingerprint density at radius 2 is 1.86 bits per heavy atom. The number of hydrogen-bond acceptors (Lipinski definition) is 3. The van der Waals surface area contributed by atoms with E-state index in [9.17, 15) is 5.11 Å². The van der Waals surface area contributed by atoms with Gasteiger partial charge in [0.25, 0.3) is 0 Å². The third-order valence-electron chi connectivity index (χ3n) is 5.36. The first-order valence-corrected chi connectivity index (χ1v) is 8.38. The van der Waals surface area contributed by atoms with Crippen LogP contribution in [0.3, 0.4) is 0 Å². The summed E-state index contributed by atoms with van der Waals surface area (Å²) in [7, 11) is 0. The molecular weight excluding hydrogens is 262 g/mol. The number of likely N-dealkylation sites (tertiary alicyclic amines) is 1. The number of phenolic OH excluding ortho intramolecular Hbond substituents is 1. The van der Waals surface area contributed by atoms with E-state index in [4.69, 9.17) is 4.74 Å². The average Bonchev–Trinajstić information content (AvgIpc) is 2.94. The fourth-order valence-corrected chi connectivity index (χ4v) is 4.02. The molecule has 1 aliphatic carbocycles. The molecule has 0 radical (unpaired) electrons. The molecule has 1 spiro atoms. The van der Waals surface area contributed by atoms with Crippen LogP contribution in [0.1, 0.15) is 51.0 Å². The number of phenols is 1. The fourth-order valence-electron chi connectivity index (χ4n) is 4.02. The van der Waals surface area contributed by atoms with Gasteiger partial charge in [0.2, 0.25) is 0 Å². The predicted octanol–water partition coefficient (Wildman–Crippen LogP) is 3.95. The molecule has 3 nitrogen and oxygen atoms in total. The molecule has 3 heteroatoms. The quantitative estimate of drug-likeness (QED) is 0.911. The molecule has 116 valence electrons. The van der Waals surface area contributed by atoms with Crippen LogP contribution in [0, 0.1) is 5.41 Å². The van der Waals surface area contributed by atoms with E-state index in [0.29, 0.717) is 23.5 Å². The maximum Gasteiger partial charge on any atom is 0.162 e. The van der Waals surface area contributed by atoms with Crippen LogP contribution in [0.25, 0.3) is 0 Å². The van der Waals surface area contributed by atoms with Crippen LogP contribution in [0.4, 0.5) is 0 Å². The lowest BCUT2D eigenvalue weighted by Gasteiger charge is -2.39. The minimum absolute atomic E-state index is 0.320. The highest BCUT2D eigenvalue weighted by Gasteiger charge is 2.36. The van der Waals surface area contributed by atoms with Gasteiger partial charge in [-0.2, -0.15) is 0 Å². The maximum atomic E-state index is 10.3. The number of ether oxygens (including phenoxy) is 1. The van der Waals surface area contributed by atoms with Gasteiger partial charge in [-0.25, -0.2) is 0 Å². The molecule has 0 atom stereocenters. The molecule has 21 heavy (non-hydrogen) atoms. The van der Waals surface area contributed by atoms with Crippen molar-refractivity contribution >= 4 is 0 Å². The van der Waals surface area contributed by atoms with E-state index >= 15 is 0 Å². The Labute approximate surface area is 127 Å². The smallest absolute Gasteiger partial charge is 0.162 e. The van der Waals surface area contributed by atoms with Crippen molar-refractivity contribution in [1.29, 1.82) is 0 Å². The minimum Gasteiger partial charge on any atom is -0.504 e. The van der Waals surface area contributed by atoms with Crippen LogP contribution < -0.4 is 4.74 Å². The molecule has 1 aliphatic heterocycles. The van der Waals surface area contributed by atoms with Crippen molar-refractivity contribution in [2.24, 2.45) is 5.41 Å². The molecule has 1 aromatic carbocycles. The van der Waals surface area contributed by atoms with Crippen molar-refractivity contribution < 1.29 is 9.84 Å². The third-order valence-corrected chi connectivity index (χ3v) is 5.36. The highest BCUT2D eigenvalue weighted by molar-refractivity contribution is 5.45. The Bertz CT molecular complexity index is 470. The second-order valence-corrected chi connectivity index (χ2v) is 6.68. The van der Waals surface area contributed by atoms with E-state index in [1.165, 1.54) is 38.5 Å². The summed E-state index contributed by atoms with van der Waals surface area (Å²) >= 11 is 0. The number of aromatic hydroxyl groups is 1. The third kappa shape index (κ3) is 3.18. The standard InChI is InChI=1S/C18H27NO2/c1-2-21-16-7-5-6-15(17(16)20)14-19-12-10-18(11-13-19)8-3-4-9-18/h5-7,20H,2-4,8-14H2,1H3. The van der Waals surface area contributed by atoms with Crippen molar-refractivity contribution in [2.75, 3.05) is 19.7 Å². The second-order valence-electron chi connectivity index (χ2n) is 6.68. The van der Waals surface area contributed by atoms with E-state index in [-0.39, 0.29) is 0 Å². The number of hydrogen-bond donors (Lipinski definition) is 1. The summed E-state index contributed by atoms with van der Waals surface area (Å²) in [6.45, 7) is 5.69. The largest absolute Gasteiger partial charge is 0.504 e. The second kappa shape index (κ2) is 6.27. The molecule has 1 N–H and O–H groups in total. The highest BCUT2D eigenvalue weighted by Crippen LogP contribution is 2.46. The van der Waals surface area contributed by atoms with Crippen LogP contribution in [0.2, 0.25) is 0 Å². The molecule has 1 heterocycles. The van der Waals surface area contributed by atoms with E-state index < -0.39 is 0 Å². The molecule has 1 aromatic rings. The normalized spacial score (nSPS) is 21.8. The Hall–Kier alpha value is -1.22. The lowest BCUT2D eigenvalue weighted by atomic mass is 9.77. The fraction of sp³-hybridized carbons (Fsp3) is 0.667. The molecule has 0 unspecified atom stereocenters. The van der Waals surface area contributed by atoms with Crippen molar-refractivity contribution in [3.05, 3.63) is 23.8 Å². The van der Waals surface area contributed by atoms with E-state index in [2.05, 4.69) is 4.90 Å². The molecule has 2 aliphatic rings. The zero-order chi connectivity index (χ0) is 14.7. The summed E-state index contributed by atoms with van der Waals surface area (Å²) in [6, 6.07) is 5.83. The molecule has 2 fully saturated rings. The van der Waals surface area contributed by atoms with Gasteiger partial charge in [0, 0.05) is 12.1 Å². The molecule has 1 saturated carbocycles. The summed E-state index contributed by atoms with van der Waals surface area (Å²) in [5.74, 6) is 0.930. The van der Waals surface area contributed by atoms with E-state index in [0.717, 1.165) is 25.2 Å². The van der Waals surface area contributed by atoms with Crippen LogP contribution in [-0.4, -0.2) is 29.7 Å². The molecule has 0 amide bonds. The lowest BCUT2D eigenvalue weighted by Crippen LogP contribution is -2.38. The lowest BCUT2D eigenvalue weighted by molar-refractivity contribution is 0.103. The van der Waals surface area contributed by atoms with Gasteiger partial charge in [-0.3, -0.25) is 4.90 Å². The Morgan fingerprint density at radius 1 is 1.14 bits per heavy atom. The van der Waals surface area contributed by atoms with Gasteiger partial charge < -0.3 is 9.84 Å². The zero-order valence-corrected chi connectivity index (χ0v) is 13.1. The van der Waals surface area contributed by atoms with E-state index in [1.54, 1.807) is 0 Å². The first-order valence-electron chi connectivity index (χ1n) is 8.38. The highest BCUT2D eigenvalue weighted by atomic mass is 16.5. The first-order chi connectivity index (χ1) is 10.2. The first kappa shape index (κ1) is 14.7. The van der Waals surface area contributed by atoms with Gasteiger partial charge in [-0.05, 0) is 57.2 Å². The van der Waals surface area contributed by atoms with Gasteiger partial charge >= 0.3 is 0 Å². The molecular formula is C18H27NO2.